The first-order valence-corrected chi connectivity index (χ1v) is 5.55. The highest BCUT2D eigenvalue weighted by Crippen LogP contribution is 2.12. The molecule has 0 aromatic rings. The lowest BCUT2D eigenvalue weighted by Crippen LogP contribution is -2.38. The van der Waals surface area contributed by atoms with Crippen molar-refractivity contribution in [1.82, 2.24) is 5.32 Å². The van der Waals surface area contributed by atoms with E-state index < -0.39 is 0 Å². The van der Waals surface area contributed by atoms with E-state index in [0.717, 1.165) is 38.8 Å². The van der Waals surface area contributed by atoms with Crippen molar-refractivity contribution in [2.45, 2.75) is 51.2 Å². The number of nitrogens with one attached hydrogen (secondary N) is 1. The zero-order chi connectivity index (χ0) is 10.2. The fraction of sp³-hybridized carbons (Fsp3) is 0.909. The first kappa shape index (κ1) is 11.5. The Kier molecular flexibility index (Phi) is 5.58. The Labute approximate surface area is 86.4 Å². The van der Waals surface area contributed by atoms with Gasteiger partial charge in [0.2, 0.25) is 0 Å². The molecule has 0 spiro atoms. The Hall–Kier alpha value is -0.590. The summed E-state index contributed by atoms with van der Waals surface area (Å²) in [5.41, 5.74) is 0. The lowest BCUT2D eigenvalue weighted by molar-refractivity contribution is 0.0134. The molecule has 1 aliphatic rings. The molecule has 14 heavy (non-hydrogen) atoms. The largest absolute Gasteiger partial charge is 0.378 e. The van der Waals surface area contributed by atoms with Gasteiger partial charge < -0.3 is 10.1 Å². The van der Waals surface area contributed by atoms with Crippen LogP contribution < -0.4 is 5.32 Å². The number of hydrogen-bond donors (Lipinski definition) is 1. The average Bonchev–Trinajstić information content (AvgIpc) is 2.18. The van der Waals surface area contributed by atoms with Crippen LogP contribution in [0.1, 0.15) is 39.0 Å². The number of hydrogen-bond acceptors (Lipinski definition) is 3. The van der Waals surface area contributed by atoms with Gasteiger partial charge >= 0.3 is 0 Å². The second kappa shape index (κ2) is 6.80. The molecule has 2 atom stereocenters. The van der Waals surface area contributed by atoms with E-state index in [1.807, 2.05) is 0 Å². The van der Waals surface area contributed by atoms with Crippen molar-refractivity contribution >= 4 is 0 Å². The van der Waals surface area contributed by atoms with Crippen LogP contribution in [-0.2, 0) is 4.74 Å². The Morgan fingerprint density at radius 2 is 2.36 bits per heavy atom. The highest BCUT2D eigenvalue weighted by Gasteiger charge is 2.17. The van der Waals surface area contributed by atoms with E-state index in [-0.39, 0.29) is 0 Å². The van der Waals surface area contributed by atoms with E-state index in [0.29, 0.717) is 18.6 Å². The second-order valence-electron chi connectivity index (χ2n) is 3.97. The third-order valence-electron chi connectivity index (χ3n) is 2.63. The third-order valence-corrected chi connectivity index (χ3v) is 2.63. The summed E-state index contributed by atoms with van der Waals surface area (Å²) in [6.07, 6.45) is 5.47. The lowest BCUT2D eigenvalue weighted by Gasteiger charge is -2.28. The quantitative estimate of drug-likeness (QED) is 0.682. The van der Waals surface area contributed by atoms with Crippen LogP contribution in [0.25, 0.3) is 0 Å². The molecule has 1 rings (SSSR count). The fourth-order valence-corrected chi connectivity index (χ4v) is 1.82. The van der Waals surface area contributed by atoms with Crippen LogP contribution in [0, 0.1) is 11.3 Å². The third kappa shape index (κ3) is 4.59. The molecule has 0 aromatic carbocycles. The number of nitriles is 1. The van der Waals surface area contributed by atoms with Gasteiger partial charge in [-0.1, -0.05) is 0 Å². The minimum atomic E-state index is 0.403. The molecule has 0 aromatic heterocycles. The maximum absolute atomic E-state index is 8.36. The van der Waals surface area contributed by atoms with Crippen molar-refractivity contribution in [2.24, 2.45) is 0 Å². The van der Waals surface area contributed by atoms with Crippen LogP contribution in [0.2, 0.25) is 0 Å². The first-order chi connectivity index (χ1) is 6.83. The van der Waals surface area contributed by atoms with Gasteiger partial charge in [-0.15, -0.1) is 0 Å². The van der Waals surface area contributed by atoms with Crippen LogP contribution in [0.3, 0.4) is 0 Å². The van der Waals surface area contributed by atoms with Crippen molar-refractivity contribution < 1.29 is 4.74 Å². The summed E-state index contributed by atoms with van der Waals surface area (Å²) in [5, 5.41) is 11.9. The van der Waals surface area contributed by atoms with Gasteiger partial charge in [-0.2, -0.15) is 5.26 Å². The Balaban J connectivity index is 1.98. The normalized spacial score (nSPS) is 27.1. The van der Waals surface area contributed by atoms with Gasteiger partial charge in [0.25, 0.3) is 0 Å². The zero-order valence-electron chi connectivity index (χ0n) is 8.96. The van der Waals surface area contributed by atoms with Gasteiger partial charge in [-0.05, 0) is 39.2 Å². The Bertz CT molecular complexity index is 188. The highest BCUT2D eigenvalue weighted by molar-refractivity contribution is 4.75. The summed E-state index contributed by atoms with van der Waals surface area (Å²) < 4.78 is 5.47. The minimum Gasteiger partial charge on any atom is -0.378 e. The molecule has 3 nitrogen and oxygen atoms in total. The topological polar surface area (TPSA) is 45.0 Å². The molecule has 0 saturated carbocycles. The average molecular weight is 196 g/mol. The van der Waals surface area contributed by atoms with Gasteiger partial charge in [0, 0.05) is 19.1 Å². The Morgan fingerprint density at radius 1 is 1.50 bits per heavy atom. The molecular formula is C11H20N2O. The molecular weight excluding hydrogens is 176 g/mol. The molecule has 1 fully saturated rings. The number of nitrogens with zero attached hydrogens (tertiary/aromatic N) is 1. The summed E-state index contributed by atoms with van der Waals surface area (Å²) in [4.78, 5) is 0. The summed E-state index contributed by atoms with van der Waals surface area (Å²) >= 11 is 0. The zero-order valence-corrected chi connectivity index (χ0v) is 8.96. The first-order valence-electron chi connectivity index (χ1n) is 5.55. The molecule has 0 bridgehead atoms. The van der Waals surface area contributed by atoms with Gasteiger partial charge in [0.15, 0.2) is 0 Å². The monoisotopic (exact) mass is 196 g/mol. The number of rotatable bonds is 5. The summed E-state index contributed by atoms with van der Waals surface area (Å²) in [6, 6.07) is 2.79. The summed E-state index contributed by atoms with van der Waals surface area (Å²) in [7, 11) is 0. The second-order valence-corrected chi connectivity index (χ2v) is 3.97. The molecule has 0 aliphatic carbocycles. The molecule has 0 amide bonds. The van der Waals surface area contributed by atoms with Crippen molar-refractivity contribution in [2.75, 3.05) is 13.2 Å². The van der Waals surface area contributed by atoms with E-state index in [9.17, 15) is 0 Å². The van der Waals surface area contributed by atoms with Crippen LogP contribution in [0.4, 0.5) is 0 Å². The van der Waals surface area contributed by atoms with Crippen molar-refractivity contribution in [3.05, 3.63) is 0 Å². The minimum absolute atomic E-state index is 0.403. The van der Waals surface area contributed by atoms with Crippen LogP contribution in [0.15, 0.2) is 0 Å². The van der Waals surface area contributed by atoms with E-state index in [1.165, 1.54) is 0 Å². The molecule has 80 valence electrons. The molecule has 1 heterocycles. The van der Waals surface area contributed by atoms with E-state index >= 15 is 0 Å². The number of ether oxygens (including phenoxy) is 1. The molecule has 1 saturated heterocycles. The maximum Gasteiger partial charge on any atom is 0.0621 e. The van der Waals surface area contributed by atoms with Crippen LogP contribution >= 0.6 is 0 Å². The van der Waals surface area contributed by atoms with Gasteiger partial charge in [0.05, 0.1) is 12.2 Å². The molecule has 3 heteroatoms. The van der Waals surface area contributed by atoms with Gasteiger partial charge in [-0.3, -0.25) is 0 Å². The molecule has 1 aliphatic heterocycles. The summed E-state index contributed by atoms with van der Waals surface area (Å²) in [6.45, 7) is 4.06. The highest BCUT2D eigenvalue weighted by atomic mass is 16.5. The predicted octanol–water partition coefficient (Wildman–Crippen LogP) is 1.84. The van der Waals surface area contributed by atoms with E-state index in [2.05, 4.69) is 18.3 Å². The van der Waals surface area contributed by atoms with E-state index in [4.69, 9.17) is 10.00 Å². The Morgan fingerprint density at radius 3 is 3.07 bits per heavy atom. The van der Waals surface area contributed by atoms with E-state index in [1.54, 1.807) is 0 Å². The molecule has 2 unspecified atom stereocenters. The summed E-state index contributed by atoms with van der Waals surface area (Å²) in [5.74, 6) is 0. The van der Waals surface area contributed by atoms with Crippen molar-refractivity contribution in [3.63, 3.8) is 0 Å². The van der Waals surface area contributed by atoms with Crippen LogP contribution in [-0.4, -0.2) is 25.3 Å². The molecule has 0 radical (unpaired) electrons. The van der Waals surface area contributed by atoms with Crippen molar-refractivity contribution in [3.8, 4) is 6.07 Å². The lowest BCUT2D eigenvalue weighted by atomic mass is 10.0. The smallest absolute Gasteiger partial charge is 0.0621 e. The maximum atomic E-state index is 8.36. The van der Waals surface area contributed by atoms with Crippen LogP contribution in [0.5, 0.6) is 0 Å². The van der Waals surface area contributed by atoms with Gasteiger partial charge in [0.1, 0.15) is 0 Å². The van der Waals surface area contributed by atoms with Crippen molar-refractivity contribution in [1.29, 1.82) is 5.26 Å². The molecule has 1 N–H and O–H groups in total. The fourth-order valence-electron chi connectivity index (χ4n) is 1.82. The standard InChI is InChI=1S/C11H20N2O/c1-10-9-11(5-8-14-10)13-7-4-2-3-6-12/h10-11,13H,2-5,7-9H2,1H3. The predicted molar refractivity (Wildman–Crippen MR) is 55.9 cm³/mol. The van der Waals surface area contributed by atoms with Gasteiger partial charge in [-0.25, -0.2) is 0 Å². The number of unbranched alkanes of at least 4 members (excludes halogenated alkanes) is 2. The SMILES string of the molecule is CC1CC(NCCCCC#N)CCO1.